The first-order chi connectivity index (χ1) is 7.77. The Hall–Kier alpha value is -0.630. The van der Waals surface area contributed by atoms with Crippen molar-refractivity contribution >= 4 is 15.9 Å². The highest BCUT2D eigenvalue weighted by Gasteiger charge is 2.34. The summed E-state index contributed by atoms with van der Waals surface area (Å²) in [6, 6.07) is 3.10. The Labute approximate surface area is 104 Å². The molecule has 0 saturated carbocycles. The van der Waals surface area contributed by atoms with Crippen molar-refractivity contribution in [2.45, 2.75) is 18.4 Å². The molecule has 2 atom stereocenters. The zero-order valence-corrected chi connectivity index (χ0v) is 10.0. The molecule has 0 heterocycles. The largest absolute Gasteiger partial charge is 0.417 e. The van der Waals surface area contributed by atoms with Crippen LogP contribution in [-0.2, 0) is 6.18 Å². The Balaban J connectivity index is 3.13. The highest BCUT2D eigenvalue weighted by atomic mass is 79.9. The lowest BCUT2D eigenvalue weighted by molar-refractivity contribution is -0.138. The number of benzene rings is 1. The number of alkyl halides is 3. The van der Waals surface area contributed by atoms with Gasteiger partial charge in [0.05, 0.1) is 12.2 Å². The van der Waals surface area contributed by atoms with E-state index in [1.54, 1.807) is 0 Å². The first-order valence-electron chi connectivity index (χ1n) is 4.61. The van der Waals surface area contributed by atoms with Gasteiger partial charge in [-0.2, -0.15) is 13.2 Å². The van der Waals surface area contributed by atoms with Gasteiger partial charge >= 0.3 is 6.18 Å². The molecule has 1 aromatic rings. The molecule has 17 heavy (non-hydrogen) atoms. The standard InChI is InChI=1S/C10H10BrF3O3/c11-7-2-1-5(9(17)8(16)4-15)3-6(7)10(12,13)14/h1-3,8-9,15-17H,4H2. The summed E-state index contributed by atoms with van der Waals surface area (Å²) in [5.41, 5.74) is -1.05. The highest BCUT2D eigenvalue weighted by molar-refractivity contribution is 9.10. The fourth-order valence-electron chi connectivity index (χ4n) is 1.27. The summed E-state index contributed by atoms with van der Waals surface area (Å²) in [4.78, 5) is 0. The van der Waals surface area contributed by atoms with Gasteiger partial charge in [0.15, 0.2) is 0 Å². The lowest BCUT2D eigenvalue weighted by Gasteiger charge is -2.18. The minimum atomic E-state index is -4.56. The summed E-state index contributed by atoms with van der Waals surface area (Å²) in [7, 11) is 0. The van der Waals surface area contributed by atoms with Crippen molar-refractivity contribution in [1.29, 1.82) is 0 Å². The van der Waals surface area contributed by atoms with Crippen LogP contribution in [-0.4, -0.2) is 28.0 Å². The number of halogens is 4. The quantitative estimate of drug-likeness (QED) is 0.798. The molecule has 0 bridgehead atoms. The van der Waals surface area contributed by atoms with Crippen molar-refractivity contribution in [3.8, 4) is 0 Å². The van der Waals surface area contributed by atoms with Crippen LogP contribution in [0.2, 0.25) is 0 Å². The summed E-state index contributed by atoms with van der Waals surface area (Å²) in [5.74, 6) is 0. The van der Waals surface area contributed by atoms with Crippen LogP contribution in [0.4, 0.5) is 13.2 Å². The van der Waals surface area contributed by atoms with E-state index in [0.717, 1.165) is 12.1 Å². The molecular formula is C10H10BrF3O3. The Morgan fingerprint density at radius 3 is 2.29 bits per heavy atom. The van der Waals surface area contributed by atoms with Gasteiger partial charge in [0.2, 0.25) is 0 Å². The van der Waals surface area contributed by atoms with E-state index < -0.39 is 30.6 Å². The zero-order chi connectivity index (χ0) is 13.2. The second-order valence-electron chi connectivity index (χ2n) is 3.43. The van der Waals surface area contributed by atoms with Crippen LogP contribution in [0.15, 0.2) is 22.7 Å². The molecule has 0 aliphatic carbocycles. The van der Waals surface area contributed by atoms with Gasteiger partial charge in [0.1, 0.15) is 12.2 Å². The number of rotatable bonds is 3. The molecule has 0 aromatic heterocycles. The van der Waals surface area contributed by atoms with E-state index in [1.807, 2.05) is 0 Å². The van der Waals surface area contributed by atoms with Crippen molar-refractivity contribution in [1.82, 2.24) is 0 Å². The predicted octanol–water partition coefficient (Wildman–Crippen LogP) is 1.85. The topological polar surface area (TPSA) is 60.7 Å². The minimum Gasteiger partial charge on any atom is -0.394 e. The molecular weight excluding hydrogens is 305 g/mol. The van der Waals surface area contributed by atoms with Crippen LogP contribution in [0.25, 0.3) is 0 Å². The Morgan fingerprint density at radius 1 is 1.24 bits per heavy atom. The van der Waals surface area contributed by atoms with Crippen molar-refractivity contribution in [3.05, 3.63) is 33.8 Å². The molecule has 0 aliphatic heterocycles. The average Bonchev–Trinajstić information content (AvgIpc) is 2.26. The van der Waals surface area contributed by atoms with E-state index in [4.69, 9.17) is 10.2 Å². The molecule has 2 unspecified atom stereocenters. The van der Waals surface area contributed by atoms with Crippen LogP contribution in [0.1, 0.15) is 17.2 Å². The normalized spacial score (nSPS) is 15.7. The number of hydrogen-bond donors (Lipinski definition) is 3. The first-order valence-corrected chi connectivity index (χ1v) is 5.40. The van der Waals surface area contributed by atoms with Crippen molar-refractivity contribution < 1.29 is 28.5 Å². The van der Waals surface area contributed by atoms with E-state index in [9.17, 15) is 18.3 Å². The Kier molecular flexibility index (Phi) is 4.54. The first kappa shape index (κ1) is 14.4. The second kappa shape index (κ2) is 5.34. The van der Waals surface area contributed by atoms with Gasteiger partial charge in [-0.15, -0.1) is 0 Å². The summed E-state index contributed by atoms with van der Waals surface area (Å²) in [6.07, 6.45) is -7.63. The number of aliphatic hydroxyl groups is 3. The average molecular weight is 315 g/mol. The van der Waals surface area contributed by atoms with Crippen LogP contribution in [0, 0.1) is 0 Å². The summed E-state index contributed by atoms with van der Waals surface area (Å²) < 4.78 is 37.5. The third kappa shape index (κ3) is 3.41. The lowest BCUT2D eigenvalue weighted by Crippen LogP contribution is -2.22. The van der Waals surface area contributed by atoms with Gasteiger partial charge < -0.3 is 15.3 Å². The molecule has 0 amide bonds. The molecule has 0 fully saturated rings. The maximum Gasteiger partial charge on any atom is 0.417 e. The zero-order valence-electron chi connectivity index (χ0n) is 8.45. The highest BCUT2D eigenvalue weighted by Crippen LogP contribution is 2.36. The van der Waals surface area contributed by atoms with Crippen molar-refractivity contribution in [3.63, 3.8) is 0 Å². The van der Waals surface area contributed by atoms with Crippen molar-refractivity contribution in [2.24, 2.45) is 0 Å². The fraction of sp³-hybridized carbons (Fsp3) is 0.400. The fourth-order valence-corrected chi connectivity index (χ4v) is 1.74. The monoisotopic (exact) mass is 314 g/mol. The number of aliphatic hydroxyl groups excluding tert-OH is 3. The van der Waals surface area contributed by atoms with E-state index >= 15 is 0 Å². The second-order valence-corrected chi connectivity index (χ2v) is 4.29. The van der Waals surface area contributed by atoms with Gasteiger partial charge in [-0.1, -0.05) is 22.0 Å². The molecule has 1 aromatic carbocycles. The molecule has 0 saturated heterocycles. The van der Waals surface area contributed by atoms with E-state index in [0.29, 0.717) is 0 Å². The lowest BCUT2D eigenvalue weighted by atomic mass is 10.0. The van der Waals surface area contributed by atoms with E-state index in [-0.39, 0.29) is 10.0 Å². The third-order valence-electron chi connectivity index (χ3n) is 2.19. The molecule has 3 N–H and O–H groups in total. The van der Waals surface area contributed by atoms with Crippen LogP contribution >= 0.6 is 15.9 Å². The Morgan fingerprint density at radius 2 is 1.82 bits per heavy atom. The van der Waals surface area contributed by atoms with Crippen LogP contribution in [0.5, 0.6) is 0 Å². The van der Waals surface area contributed by atoms with Gasteiger partial charge in [0, 0.05) is 4.47 Å². The molecule has 0 aliphatic rings. The van der Waals surface area contributed by atoms with Gasteiger partial charge in [0.25, 0.3) is 0 Å². The molecule has 7 heteroatoms. The smallest absolute Gasteiger partial charge is 0.394 e. The van der Waals surface area contributed by atoms with E-state index in [2.05, 4.69) is 15.9 Å². The van der Waals surface area contributed by atoms with Gasteiger partial charge in [-0.05, 0) is 17.7 Å². The number of hydrogen-bond acceptors (Lipinski definition) is 3. The minimum absolute atomic E-state index is 0.109. The summed E-state index contributed by atoms with van der Waals surface area (Å²) >= 11 is 2.76. The van der Waals surface area contributed by atoms with Crippen molar-refractivity contribution in [2.75, 3.05) is 6.61 Å². The maximum atomic E-state index is 12.6. The summed E-state index contributed by atoms with van der Waals surface area (Å²) in [6.45, 7) is -0.738. The maximum absolute atomic E-state index is 12.6. The Bertz CT molecular complexity index is 395. The van der Waals surface area contributed by atoms with Crippen LogP contribution < -0.4 is 0 Å². The molecule has 1 rings (SSSR count). The van der Waals surface area contributed by atoms with Gasteiger partial charge in [-0.25, -0.2) is 0 Å². The third-order valence-corrected chi connectivity index (χ3v) is 2.88. The SMILES string of the molecule is OCC(O)C(O)c1ccc(Br)c(C(F)(F)F)c1. The van der Waals surface area contributed by atoms with Gasteiger partial charge in [-0.3, -0.25) is 0 Å². The summed E-state index contributed by atoms with van der Waals surface area (Å²) in [5, 5.41) is 27.2. The van der Waals surface area contributed by atoms with Crippen LogP contribution in [0.3, 0.4) is 0 Å². The van der Waals surface area contributed by atoms with E-state index in [1.165, 1.54) is 6.07 Å². The predicted molar refractivity (Wildman–Crippen MR) is 57.2 cm³/mol. The molecule has 0 spiro atoms. The molecule has 96 valence electrons. The molecule has 0 radical (unpaired) electrons. The molecule has 3 nitrogen and oxygen atoms in total.